The van der Waals surface area contributed by atoms with Crippen LogP contribution in [0.2, 0.25) is 0 Å². The maximum atomic E-state index is 12.5. The van der Waals surface area contributed by atoms with Crippen LogP contribution in [0.15, 0.2) is 24.3 Å². The number of fused-ring (bicyclic) bond motifs is 1. The molecule has 102 valence electrons. The molecule has 1 aliphatic heterocycles. The highest BCUT2D eigenvalue weighted by Gasteiger charge is 2.30. The van der Waals surface area contributed by atoms with E-state index in [-0.39, 0.29) is 11.9 Å². The standard InChI is InChI=1S/C15H20N2O2/c16-12-5-3-4-11(12)10-15(18)17-8-9-19-14-7-2-1-6-13(14)17/h1-2,6-7,11-12H,3-5,8-10,16H2/t11-,12+/m0/s1. The highest BCUT2D eigenvalue weighted by Crippen LogP contribution is 2.33. The van der Waals surface area contributed by atoms with E-state index in [0.717, 1.165) is 30.7 Å². The van der Waals surface area contributed by atoms with Crippen molar-refractivity contribution in [2.45, 2.75) is 31.7 Å². The van der Waals surface area contributed by atoms with Crippen molar-refractivity contribution in [1.29, 1.82) is 0 Å². The minimum Gasteiger partial charge on any atom is -0.490 e. The molecule has 0 unspecified atom stereocenters. The Kier molecular flexibility index (Phi) is 3.42. The molecule has 0 bridgehead atoms. The van der Waals surface area contributed by atoms with E-state index < -0.39 is 0 Å². The molecule has 2 aliphatic rings. The van der Waals surface area contributed by atoms with Crippen LogP contribution in [0, 0.1) is 5.92 Å². The third-order valence-electron chi connectivity index (χ3n) is 4.18. The second kappa shape index (κ2) is 5.21. The molecule has 4 nitrogen and oxygen atoms in total. The van der Waals surface area contributed by atoms with E-state index in [1.807, 2.05) is 29.2 Å². The van der Waals surface area contributed by atoms with Gasteiger partial charge in [-0.2, -0.15) is 0 Å². The first kappa shape index (κ1) is 12.5. The Hall–Kier alpha value is -1.55. The average Bonchev–Trinajstić information content (AvgIpc) is 2.83. The number of hydrogen-bond donors (Lipinski definition) is 1. The molecule has 2 atom stereocenters. The van der Waals surface area contributed by atoms with Crippen LogP contribution >= 0.6 is 0 Å². The Morgan fingerprint density at radius 3 is 3.00 bits per heavy atom. The summed E-state index contributed by atoms with van der Waals surface area (Å²) in [6.07, 6.45) is 3.85. The zero-order valence-corrected chi connectivity index (χ0v) is 11.0. The number of carbonyl (C=O) groups is 1. The lowest BCUT2D eigenvalue weighted by Crippen LogP contribution is -2.40. The van der Waals surface area contributed by atoms with Gasteiger partial charge in [0, 0.05) is 12.5 Å². The van der Waals surface area contributed by atoms with E-state index in [9.17, 15) is 4.79 Å². The van der Waals surface area contributed by atoms with Gasteiger partial charge in [0.1, 0.15) is 12.4 Å². The molecular weight excluding hydrogens is 240 g/mol. The Bertz CT molecular complexity index is 475. The molecular formula is C15H20N2O2. The molecule has 1 saturated carbocycles. The highest BCUT2D eigenvalue weighted by atomic mass is 16.5. The molecule has 1 aliphatic carbocycles. The van der Waals surface area contributed by atoms with Crippen molar-refractivity contribution >= 4 is 11.6 Å². The van der Waals surface area contributed by atoms with Gasteiger partial charge in [-0.05, 0) is 30.9 Å². The van der Waals surface area contributed by atoms with Crippen molar-refractivity contribution in [3.8, 4) is 5.75 Å². The summed E-state index contributed by atoms with van der Waals surface area (Å²) >= 11 is 0. The fourth-order valence-electron chi connectivity index (χ4n) is 3.08. The third kappa shape index (κ3) is 2.45. The molecule has 1 aromatic rings. The topological polar surface area (TPSA) is 55.6 Å². The number of amides is 1. The van der Waals surface area contributed by atoms with E-state index in [2.05, 4.69) is 0 Å². The number of rotatable bonds is 2. The first-order valence-electron chi connectivity index (χ1n) is 7.03. The van der Waals surface area contributed by atoms with Crippen molar-refractivity contribution in [1.82, 2.24) is 0 Å². The number of benzene rings is 1. The minimum atomic E-state index is 0.179. The molecule has 3 rings (SSSR count). The van der Waals surface area contributed by atoms with E-state index in [1.165, 1.54) is 0 Å². The van der Waals surface area contributed by atoms with Gasteiger partial charge in [0.25, 0.3) is 0 Å². The molecule has 19 heavy (non-hydrogen) atoms. The van der Waals surface area contributed by atoms with Crippen molar-refractivity contribution in [3.05, 3.63) is 24.3 Å². The molecule has 0 spiro atoms. The van der Waals surface area contributed by atoms with Crippen LogP contribution in [0.5, 0.6) is 5.75 Å². The lowest BCUT2D eigenvalue weighted by molar-refractivity contribution is -0.119. The van der Waals surface area contributed by atoms with E-state index in [4.69, 9.17) is 10.5 Å². The zero-order chi connectivity index (χ0) is 13.2. The van der Waals surface area contributed by atoms with Crippen LogP contribution in [-0.2, 0) is 4.79 Å². The predicted molar refractivity (Wildman–Crippen MR) is 74.2 cm³/mol. The summed E-state index contributed by atoms with van der Waals surface area (Å²) in [5, 5.41) is 0. The SMILES string of the molecule is N[C@@H]1CCC[C@H]1CC(=O)N1CCOc2ccccc21. The van der Waals surface area contributed by atoms with E-state index >= 15 is 0 Å². The van der Waals surface area contributed by atoms with E-state index in [0.29, 0.717) is 25.5 Å². The van der Waals surface area contributed by atoms with Gasteiger partial charge >= 0.3 is 0 Å². The summed E-state index contributed by atoms with van der Waals surface area (Å²) < 4.78 is 5.58. The fraction of sp³-hybridized carbons (Fsp3) is 0.533. The lowest BCUT2D eigenvalue weighted by Gasteiger charge is -2.30. The molecule has 4 heteroatoms. The van der Waals surface area contributed by atoms with Gasteiger partial charge in [0.2, 0.25) is 5.91 Å². The van der Waals surface area contributed by atoms with Gasteiger partial charge in [-0.15, -0.1) is 0 Å². The number of hydrogen-bond acceptors (Lipinski definition) is 3. The van der Waals surface area contributed by atoms with Crippen LogP contribution in [0.4, 0.5) is 5.69 Å². The molecule has 1 heterocycles. The molecule has 1 aromatic carbocycles. The molecule has 0 aromatic heterocycles. The average molecular weight is 260 g/mol. The second-order valence-electron chi connectivity index (χ2n) is 5.42. The monoisotopic (exact) mass is 260 g/mol. The van der Waals surface area contributed by atoms with Crippen molar-refractivity contribution in [2.24, 2.45) is 11.7 Å². The Morgan fingerprint density at radius 1 is 1.37 bits per heavy atom. The summed E-state index contributed by atoms with van der Waals surface area (Å²) in [6.45, 7) is 1.21. The Balaban J connectivity index is 1.74. The Morgan fingerprint density at radius 2 is 2.21 bits per heavy atom. The van der Waals surface area contributed by atoms with Crippen LogP contribution in [0.25, 0.3) is 0 Å². The van der Waals surface area contributed by atoms with Crippen molar-refractivity contribution in [2.75, 3.05) is 18.1 Å². The summed E-state index contributed by atoms with van der Waals surface area (Å²) in [5.74, 6) is 1.33. The summed E-state index contributed by atoms with van der Waals surface area (Å²) in [4.78, 5) is 14.3. The number of carbonyl (C=O) groups excluding carboxylic acids is 1. The van der Waals surface area contributed by atoms with Gasteiger partial charge in [0.15, 0.2) is 0 Å². The molecule has 1 amide bonds. The fourth-order valence-corrected chi connectivity index (χ4v) is 3.08. The van der Waals surface area contributed by atoms with Gasteiger partial charge < -0.3 is 15.4 Å². The predicted octanol–water partition coefficient (Wildman–Crippen LogP) is 1.93. The van der Waals surface area contributed by atoms with Crippen molar-refractivity contribution in [3.63, 3.8) is 0 Å². The maximum Gasteiger partial charge on any atom is 0.227 e. The van der Waals surface area contributed by atoms with Crippen LogP contribution in [0.1, 0.15) is 25.7 Å². The van der Waals surface area contributed by atoms with Gasteiger partial charge in [-0.3, -0.25) is 4.79 Å². The summed E-state index contributed by atoms with van der Waals surface area (Å²) in [7, 11) is 0. The van der Waals surface area contributed by atoms with E-state index in [1.54, 1.807) is 0 Å². The van der Waals surface area contributed by atoms with Crippen LogP contribution in [-0.4, -0.2) is 25.1 Å². The normalized spacial score (nSPS) is 25.8. The molecule has 2 N–H and O–H groups in total. The minimum absolute atomic E-state index is 0.179. The number of nitrogens with zero attached hydrogens (tertiary/aromatic N) is 1. The molecule has 0 saturated heterocycles. The number of anilines is 1. The quantitative estimate of drug-likeness (QED) is 0.884. The maximum absolute atomic E-state index is 12.5. The van der Waals surface area contributed by atoms with Crippen molar-refractivity contribution < 1.29 is 9.53 Å². The molecule has 0 radical (unpaired) electrons. The molecule has 1 fully saturated rings. The number of ether oxygens (including phenoxy) is 1. The first-order chi connectivity index (χ1) is 9.25. The Labute approximate surface area is 113 Å². The van der Waals surface area contributed by atoms with Crippen LogP contribution < -0.4 is 15.4 Å². The van der Waals surface area contributed by atoms with Gasteiger partial charge in [-0.1, -0.05) is 18.6 Å². The lowest BCUT2D eigenvalue weighted by atomic mass is 9.99. The largest absolute Gasteiger partial charge is 0.490 e. The summed E-state index contributed by atoms with van der Waals surface area (Å²) in [6, 6.07) is 7.92. The van der Waals surface area contributed by atoms with Crippen LogP contribution in [0.3, 0.4) is 0 Å². The summed E-state index contributed by atoms with van der Waals surface area (Å²) in [5.41, 5.74) is 6.95. The number of nitrogens with two attached hydrogens (primary N) is 1. The third-order valence-corrected chi connectivity index (χ3v) is 4.18. The second-order valence-corrected chi connectivity index (χ2v) is 5.42. The zero-order valence-electron chi connectivity index (χ0n) is 11.0. The van der Waals surface area contributed by atoms with Gasteiger partial charge in [0.05, 0.1) is 12.2 Å². The first-order valence-corrected chi connectivity index (χ1v) is 7.03. The smallest absolute Gasteiger partial charge is 0.227 e. The number of para-hydroxylation sites is 2. The highest BCUT2D eigenvalue weighted by molar-refractivity contribution is 5.95. The van der Waals surface area contributed by atoms with Gasteiger partial charge in [-0.25, -0.2) is 0 Å².